The van der Waals surface area contributed by atoms with E-state index in [1.54, 1.807) is 0 Å². The number of fused-ring (bicyclic) bond motifs is 1. The lowest BCUT2D eigenvalue weighted by Gasteiger charge is -2.41. The van der Waals surface area contributed by atoms with Crippen LogP contribution >= 0.6 is 0 Å². The van der Waals surface area contributed by atoms with Crippen LogP contribution in [0.5, 0.6) is 0 Å². The van der Waals surface area contributed by atoms with Crippen LogP contribution in [0.15, 0.2) is 0 Å². The van der Waals surface area contributed by atoms with Crippen molar-refractivity contribution in [3.05, 3.63) is 0 Å². The van der Waals surface area contributed by atoms with Gasteiger partial charge in [0.05, 0.1) is 0 Å². The molecule has 104 valence electrons. The van der Waals surface area contributed by atoms with Crippen molar-refractivity contribution in [3.63, 3.8) is 0 Å². The molecule has 1 saturated carbocycles. The lowest BCUT2D eigenvalue weighted by molar-refractivity contribution is -0.124. The number of piperidine rings is 1. The Bertz CT molecular complexity index is 278. The Kier molecular flexibility index (Phi) is 5.04. The molecule has 0 aromatic carbocycles. The summed E-state index contributed by atoms with van der Waals surface area (Å²) >= 11 is 0. The third kappa shape index (κ3) is 3.71. The molecular formula is C15H28N2O. The molecule has 2 rings (SSSR count). The fourth-order valence-electron chi connectivity index (χ4n) is 3.42. The molecule has 1 saturated heterocycles. The fraction of sp³-hybridized carbons (Fsp3) is 0.933. The van der Waals surface area contributed by atoms with E-state index < -0.39 is 0 Å². The molecule has 2 atom stereocenters. The number of nitrogens with zero attached hydrogens (tertiary/aromatic N) is 1. The first-order chi connectivity index (χ1) is 8.66. The molecule has 0 bridgehead atoms. The Morgan fingerprint density at radius 3 is 2.67 bits per heavy atom. The number of hydrogen-bond acceptors (Lipinski definition) is 2. The molecule has 2 aliphatic rings. The topological polar surface area (TPSA) is 32.3 Å². The third-order valence-electron chi connectivity index (χ3n) is 4.63. The van der Waals surface area contributed by atoms with Gasteiger partial charge in [-0.1, -0.05) is 33.1 Å². The Balaban J connectivity index is 1.67. The van der Waals surface area contributed by atoms with Crippen LogP contribution in [0.1, 0.15) is 46.0 Å². The summed E-state index contributed by atoms with van der Waals surface area (Å²) in [5, 5.41) is 3.02. The van der Waals surface area contributed by atoms with Gasteiger partial charge >= 0.3 is 0 Å². The minimum absolute atomic E-state index is 0.106. The van der Waals surface area contributed by atoms with Gasteiger partial charge in [-0.2, -0.15) is 0 Å². The minimum atomic E-state index is 0.106. The molecule has 1 aliphatic carbocycles. The number of rotatable bonds is 4. The first kappa shape index (κ1) is 13.9. The summed E-state index contributed by atoms with van der Waals surface area (Å²) in [4.78, 5) is 14.0. The van der Waals surface area contributed by atoms with Crippen molar-refractivity contribution in [2.24, 2.45) is 17.8 Å². The van der Waals surface area contributed by atoms with Crippen LogP contribution in [0.2, 0.25) is 0 Å². The van der Waals surface area contributed by atoms with Crippen molar-refractivity contribution >= 4 is 5.91 Å². The van der Waals surface area contributed by atoms with Gasteiger partial charge in [-0.25, -0.2) is 0 Å². The molecule has 0 aromatic heterocycles. The molecule has 1 heterocycles. The number of carbonyl (C=O) groups is 1. The fourth-order valence-corrected chi connectivity index (χ4v) is 3.42. The van der Waals surface area contributed by atoms with Crippen LogP contribution in [-0.2, 0) is 4.79 Å². The molecule has 0 spiro atoms. The predicted octanol–water partition coefficient (Wildman–Crippen LogP) is 2.27. The molecule has 2 fully saturated rings. The van der Waals surface area contributed by atoms with E-state index in [0.29, 0.717) is 0 Å². The zero-order chi connectivity index (χ0) is 13.0. The maximum Gasteiger partial charge on any atom is 0.222 e. The first-order valence-electron chi connectivity index (χ1n) is 7.67. The zero-order valence-corrected chi connectivity index (χ0v) is 12.0. The van der Waals surface area contributed by atoms with Crippen molar-refractivity contribution in [3.8, 4) is 0 Å². The standard InChI is InChI=1S/C15H28N2O/c1-12(2)15(18)16-8-10-17-9-7-13-5-3-4-6-14(13)11-17/h12-14H,3-11H2,1-2H3,(H,16,18). The van der Waals surface area contributed by atoms with Crippen LogP contribution in [-0.4, -0.2) is 37.0 Å². The van der Waals surface area contributed by atoms with Gasteiger partial charge in [0.1, 0.15) is 0 Å². The SMILES string of the molecule is CC(C)C(=O)NCCN1CCC2CCCCC2C1. The lowest BCUT2D eigenvalue weighted by Crippen LogP contribution is -2.45. The highest BCUT2D eigenvalue weighted by Gasteiger charge is 2.30. The average molecular weight is 252 g/mol. The number of hydrogen-bond donors (Lipinski definition) is 1. The van der Waals surface area contributed by atoms with Gasteiger partial charge in [-0.3, -0.25) is 4.79 Å². The van der Waals surface area contributed by atoms with E-state index in [-0.39, 0.29) is 11.8 Å². The normalized spacial score (nSPS) is 29.1. The molecule has 1 aliphatic heterocycles. The van der Waals surface area contributed by atoms with Gasteiger partial charge in [0.25, 0.3) is 0 Å². The Morgan fingerprint density at radius 2 is 1.94 bits per heavy atom. The van der Waals surface area contributed by atoms with Gasteiger partial charge in [0.2, 0.25) is 5.91 Å². The number of likely N-dealkylation sites (tertiary alicyclic amines) is 1. The van der Waals surface area contributed by atoms with Gasteiger partial charge < -0.3 is 10.2 Å². The number of amides is 1. The van der Waals surface area contributed by atoms with Gasteiger partial charge in [-0.05, 0) is 31.2 Å². The van der Waals surface area contributed by atoms with Crippen LogP contribution in [0.3, 0.4) is 0 Å². The molecule has 3 heteroatoms. The van der Waals surface area contributed by atoms with Gasteiger partial charge in [0, 0.05) is 25.6 Å². The summed E-state index contributed by atoms with van der Waals surface area (Å²) in [5.41, 5.74) is 0. The highest BCUT2D eigenvalue weighted by atomic mass is 16.1. The summed E-state index contributed by atoms with van der Waals surface area (Å²) in [6, 6.07) is 0. The molecule has 2 unspecified atom stereocenters. The molecule has 1 amide bonds. The van der Waals surface area contributed by atoms with E-state index in [1.165, 1.54) is 45.2 Å². The van der Waals surface area contributed by atoms with E-state index in [1.807, 2.05) is 13.8 Å². The van der Waals surface area contributed by atoms with E-state index in [2.05, 4.69) is 10.2 Å². The summed E-state index contributed by atoms with van der Waals surface area (Å²) in [7, 11) is 0. The second-order valence-corrected chi connectivity index (χ2v) is 6.34. The molecular weight excluding hydrogens is 224 g/mol. The van der Waals surface area contributed by atoms with Crippen molar-refractivity contribution in [2.75, 3.05) is 26.2 Å². The molecule has 18 heavy (non-hydrogen) atoms. The highest BCUT2D eigenvalue weighted by Crippen LogP contribution is 2.35. The lowest BCUT2D eigenvalue weighted by atomic mass is 9.75. The number of nitrogens with one attached hydrogen (secondary N) is 1. The Hall–Kier alpha value is -0.570. The second kappa shape index (κ2) is 6.55. The van der Waals surface area contributed by atoms with Crippen LogP contribution in [0.4, 0.5) is 0 Å². The molecule has 3 nitrogen and oxygen atoms in total. The van der Waals surface area contributed by atoms with Crippen LogP contribution < -0.4 is 5.32 Å². The monoisotopic (exact) mass is 252 g/mol. The number of carbonyl (C=O) groups excluding carboxylic acids is 1. The predicted molar refractivity (Wildman–Crippen MR) is 74.4 cm³/mol. The summed E-state index contributed by atoms with van der Waals surface area (Å²) < 4.78 is 0. The van der Waals surface area contributed by atoms with Crippen LogP contribution in [0.25, 0.3) is 0 Å². The highest BCUT2D eigenvalue weighted by molar-refractivity contribution is 5.77. The summed E-state index contributed by atoms with van der Waals surface area (Å²) in [6.45, 7) is 8.24. The smallest absolute Gasteiger partial charge is 0.222 e. The summed E-state index contributed by atoms with van der Waals surface area (Å²) in [6.07, 6.45) is 7.15. The van der Waals surface area contributed by atoms with Gasteiger partial charge in [-0.15, -0.1) is 0 Å². The van der Waals surface area contributed by atoms with Crippen molar-refractivity contribution < 1.29 is 4.79 Å². The van der Waals surface area contributed by atoms with Gasteiger partial charge in [0.15, 0.2) is 0 Å². The molecule has 0 radical (unpaired) electrons. The van der Waals surface area contributed by atoms with E-state index in [9.17, 15) is 4.79 Å². The van der Waals surface area contributed by atoms with E-state index in [0.717, 1.165) is 24.9 Å². The van der Waals surface area contributed by atoms with Crippen molar-refractivity contribution in [1.29, 1.82) is 0 Å². The average Bonchev–Trinajstić information content (AvgIpc) is 2.38. The first-order valence-corrected chi connectivity index (χ1v) is 7.67. The van der Waals surface area contributed by atoms with Crippen molar-refractivity contribution in [1.82, 2.24) is 10.2 Å². The third-order valence-corrected chi connectivity index (χ3v) is 4.63. The Labute approximate surface area is 111 Å². The zero-order valence-electron chi connectivity index (χ0n) is 12.0. The molecule has 1 N–H and O–H groups in total. The van der Waals surface area contributed by atoms with E-state index >= 15 is 0 Å². The summed E-state index contributed by atoms with van der Waals surface area (Å²) in [5.74, 6) is 2.23. The second-order valence-electron chi connectivity index (χ2n) is 6.34. The minimum Gasteiger partial charge on any atom is -0.355 e. The van der Waals surface area contributed by atoms with E-state index in [4.69, 9.17) is 0 Å². The Morgan fingerprint density at radius 1 is 1.22 bits per heavy atom. The maximum atomic E-state index is 11.5. The maximum absolute atomic E-state index is 11.5. The van der Waals surface area contributed by atoms with Crippen molar-refractivity contribution in [2.45, 2.75) is 46.0 Å². The van der Waals surface area contributed by atoms with Crippen LogP contribution in [0, 0.1) is 17.8 Å². The quantitative estimate of drug-likeness (QED) is 0.832. The molecule has 0 aromatic rings. The largest absolute Gasteiger partial charge is 0.355 e.